The van der Waals surface area contributed by atoms with Crippen LogP contribution in [0.1, 0.15) is 32.6 Å². The number of nitrogens with one attached hydrogen (secondary N) is 1. The Balaban J connectivity index is 1.65. The smallest absolute Gasteiger partial charge is 0.256 e. The summed E-state index contributed by atoms with van der Waals surface area (Å²) in [6, 6.07) is 19.0. The number of para-hydroxylation sites is 1. The van der Waals surface area contributed by atoms with E-state index in [-0.39, 0.29) is 11.8 Å². The second kappa shape index (κ2) is 8.85. The van der Waals surface area contributed by atoms with Gasteiger partial charge in [0.25, 0.3) is 5.91 Å². The van der Waals surface area contributed by atoms with Crippen LogP contribution in [0.2, 0.25) is 0 Å². The van der Waals surface area contributed by atoms with Crippen LogP contribution in [-0.4, -0.2) is 18.4 Å². The molecule has 3 rings (SSSR count). The molecule has 0 bridgehead atoms. The number of likely N-dealkylation sites (N-methyl/N-ethyl adjacent to an activating group) is 1. The van der Waals surface area contributed by atoms with E-state index in [9.17, 15) is 9.59 Å². The zero-order valence-corrected chi connectivity index (χ0v) is 17.2. The first-order valence-electron chi connectivity index (χ1n) is 9.30. The normalized spacial score (nSPS) is 10.5. The minimum Gasteiger partial charge on any atom is -0.322 e. The summed E-state index contributed by atoms with van der Waals surface area (Å²) in [5, 5.41) is 2.93. The molecule has 5 heteroatoms. The number of benzene rings is 2. The van der Waals surface area contributed by atoms with Crippen molar-refractivity contribution >= 4 is 34.5 Å². The second-order valence-electron chi connectivity index (χ2n) is 6.63. The molecule has 0 aliphatic carbocycles. The zero-order chi connectivity index (χ0) is 20.1. The first-order chi connectivity index (χ1) is 13.5. The third kappa shape index (κ3) is 4.67. The highest BCUT2D eigenvalue weighted by Crippen LogP contribution is 2.22. The van der Waals surface area contributed by atoms with E-state index in [1.807, 2.05) is 81.4 Å². The van der Waals surface area contributed by atoms with Gasteiger partial charge in [0.1, 0.15) is 0 Å². The molecule has 0 saturated carbocycles. The summed E-state index contributed by atoms with van der Waals surface area (Å²) >= 11 is 1.62. The maximum atomic E-state index is 12.7. The number of anilines is 2. The van der Waals surface area contributed by atoms with Crippen LogP contribution in [0, 0.1) is 13.8 Å². The van der Waals surface area contributed by atoms with E-state index >= 15 is 0 Å². The van der Waals surface area contributed by atoms with Crippen LogP contribution < -0.4 is 10.2 Å². The fourth-order valence-electron chi connectivity index (χ4n) is 3.14. The molecule has 28 heavy (non-hydrogen) atoms. The molecular weight excluding hydrogens is 368 g/mol. The molecule has 0 radical (unpaired) electrons. The first-order valence-corrected chi connectivity index (χ1v) is 10.1. The summed E-state index contributed by atoms with van der Waals surface area (Å²) < 4.78 is 0. The van der Waals surface area contributed by atoms with Crippen molar-refractivity contribution in [2.45, 2.75) is 27.2 Å². The van der Waals surface area contributed by atoms with Gasteiger partial charge in [-0.05, 0) is 56.7 Å². The predicted molar refractivity (Wildman–Crippen MR) is 116 cm³/mol. The van der Waals surface area contributed by atoms with Crippen molar-refractivity contribution < 1.29 is 9.59 Å². The number of carbonyl (C=O) groups excluding carboxylic acids is 2. The average molecular weight is 393 g/mol. The summed E-state index contributed by atoms with van der Waals surface area (Å²) in [7, 11) is 0. The van der Waals surface area contributed by atoms with Crippen molar-refractivity contribution in [3.63, 3.8) is 0 Å². The van der Waals surface area contributed by atoms with E-state index in [2.05, 4.69) is 5.32 Å². The Morgan fingerprint density at radius 3 is 2.25 bits per heavy atom. The number of aryl methyl sites for hydroxylation is 2. The number of hydrogen-bond acceptors (Lipinski definition) is 3. The number of hydrogen-bond donors (Lipinski definition) is 1. The Labute approximate surface area is 169 Å². The Bertz CT molecular complexity index is 962. The molecule has 144 valence electrons. The highest BCUT2D eigenvalue weighted by Gasteiger charge is 2.15. The summed E-state index contributed by atoms with van der Waals surface area (Å²) in [5.41, 5.74) is 3.25. The minimum absolute atomic E-state index is 0.0508. The van der Waals surface area contributed by atoms with Gasteiger partial charge < -0.3 is 10.2 Å². The Morgan fingerprint density at radius 1 is 1.00 bits per heavy atom. The van der Waals surface area contributed by atoms with Gasteiger partial charge in [0.05, 0.1) is 12.0 Å². The Morgan fingerprint density at radius 2 is 1.68 bits per heavy atom. The van der Waals surface area contributed by atoms with Gasteiger partial charge in [0.2, 0.25) is 5.91 Å². The van der Waals surface area contributed by atoms with Crippen LogP contribution >= 0.6 is 11.3 Å². The van der Waals surface area contributed by atoms with Crippen LogP contribution in [0.25, 0.3) is 0 Å². The molecule has 2 aromatic carbocycles. The Kier molecular flexibility index (Phi) is 6.26. The van der Waals surface area contributed by atoms with Gasteiger partial charge in [-0.3, -0.25) is 9.59 Å². The van der Waals surface area contributed by atoms with E-state index in [0.717, 1.165) is 26.7 Å². The summed E-state index contributed by atoms with van der Waals surface area (Å²) in [6.45, 7) is 6.54. The Hall–Kier alpha value is -2.92. The van der Waals surface area contributed by atoms with Crippen LogP contribution in [-0.2, 0) is 11.2 Å². The molecule has 3 aromatic rings. The number of thiophene rings is 1. The maximum absolute atomic E-state index is 12.7. The fourth-order valence-corrected chi connectivity index (χ4v) is 4.06. The highest BCUT2D eigenvalue weighted by atomic mass is 32.1. The summed E-state index contributed by atoms with van der Waals surface area (Å²) in [4.78, 5) is 29.0. The molecule has 2 amide bonds. The topological polar surface area (TPSA) is 49.4 Å². The second-order valence-corrected chi connectivity index (χ2v) is 8.09. The van der Waals surface area contributed by atoms with Gasteiger partial charge in [-0.2, -0.15) is 0 Å². The maximum Gasteiger partial charge on any atom is 0.256 e. The fraction of sp³-hybridized carbons (Fsp3) is 0.217. The number of amides is 2. The monoisotopic (exact) mass is 392 g/mol. The summed E-state index contributed by atoms with van der Waals surface area (Å²) in [5.74, 6) is -0.0539. The third-order valence-electron chi connectivity index (χ3n) is 4.54. The van der Waals surface area contributed by atoms with E-state index in [1.165, 1.54) is 0 Å². The molecular formula is C23H24N2O2S. The molecule has 0 aliphatic rings. The zero-order valence-electron chi connectivity index (χ0n) is 16.4. The van der Waals surface area contributed by atoms with Crippen LogP contribution in [0.3, 0.4) is 0 Å². The number of rotatable bonds is 6. The number of nitrogens with zero attached hydrogens (tertiary/aromatic N) is 1. The van der Waals surface area contributed by atoms with Crippen LogP contribution in [0.4, 0.5) is 11.4 Å². The SMILES string of the molecule is CCN(C(=O)Cc1ccc(NC(=O)c2cc(C)sc2C)cc1)c1ccccc1. The lowest BCUT2D eigenvalue weighted by Gasteiger charge is -2.21. The molecule has 0 aliphatic heterocycles. The van der Waals surface area contributed by atoms with Crippen molar-refractivity contribution in [3.8, 4) is 0 Å². The van der Waals surface area contributed by atoms with Gasteiger partial charge in [-0.1, -0.05) is 30.3 Å². The van der Waals surface area contributed by atoms with Crippen molar-refractivity contribution in [2.75, 3.05) is 16.8 Å². The molecule has 0 atom stereocenters. The van der Waals surface area contributed by atoms with Crippen molar-refractivity contribution in [1.82, 2.24) is 0 Å². The van der Waals surface area contributed by atoms with Gasteiger partial charge in [-0.15, -0.1) is 11.3 Å². The highest BCUT2D eigenvalue weighted by molar-refractivity contribution is 7.12. The van der Waals surface area contributed by atoms with E-state index < -0.39 is 0 Å². The lowest BCUT2D eigenvalue weighted by atomic mass is 10.1. The molecule has 4 nitrogen and oxygen atoms in total. The van der Waals surface area contributed by atoms with E-state index in [4.69, 9.17) is 0 Å². The quantitative estimate of drug-likeness (QED) is 0.626. The molecule has 1 N–H and O–H groups in total. The molecule has 0 fully saturated rings. The van der Waals surface area contributed by atoms with Crippen LogP contribution in [0.15, 0.2) is 60.7 Å². The molecule has 0 unspecified atom stereocenters. The number of carbonyl (C=O) groups is 2. The van der Waals surface area contributed by atoms with E-state index in [0.29, 0.717) is 18.5 Å². The first kappa shape index (κ1) is 19.8. The summed E-state index contributed by atoms with van der Waals surface area (Å²) in [6.07, 6.45) is 0.319. The van der Waals surface area contributed by atoms with Gasteiger partial charge >= 0.3 is 0 Å². The molecule has 0 spiro atoms. The lowest BCUT2D eigenvalue weighted by Crippen LogP contribution is -2.31. The third-order valence-corrected chi connectivity index (χ3v) is 5.50. The van der Waals surface area contributed by atoms with Crippen molar-refractivity contribution in [2.24, 2.45) is 0 Å². The minimum atomic E-state index is -0.105. The van der Waals surface area contributed by atoms with Crippen molar-refractivity contribution in [1.29, 1.82) is 0 Å². The van der Waals surface area contributed by atoms with Crippen LogP contribution in [0.5, 0.6) is 0 Å². The largest absolute Gasteiger partial charge is 0.322 e. The van der Waals surface area contributed by atoms with Gasteiger partial charge in [-0.25, -0.2) is 0 Å². The molecule has 1 aromatic heterocycles. The van der Waals surface area contributed by atoms with Gasteiger partial charge in [0, 0.05) is 27.7 Å². The molecule has 0 saturated heterocycles. The average Bonchev–Trinajstić information content (AvgIpc) is 3.03. The standard InChI is InChI=1S/C23H24N2O2S/c1-4-25(20-8-6-5-7-9-20)22(26)15-18-10-12-19(13-11-18)24-23(27)21-14-16(2)28-17(21)3/h5-14H,4,15H2,1-3H3,(H,24,27). The predicted octanol–water partition coefficient (Wildman–Crippen LogP) is 5.21. The lowest BCUT2D eigenvalue weighted by molar-refractivity contribution is -0.117. The van der Waals surface area contributed by atoms with Gasteiger partial charge in [0.15, 0.2) is 0 Å². The van der Waals surface area contributed by atoms with Crippen molar-refractivity contribution in [3.05, 3.63) is 81.5 Å². The van der Waals surface area contributed by atoms with E-state index in [1.54, 1.807) is 16.2 Å². The molecule has 1 heterocycles.